The first kappa shape index (κ1) is 16.1. The predicted octanol–water partition coefficient (Wildman–Crippen LogP) is 2.76. The van der Waals surface area contributed by atoms with Crippen LogP contribution in [0.2, 0.25) is 0 Å². The third-order valence-electron chi connectivity index (χ3n) is 4.64. The van der Waals surface area contributed by atoms with Gasteiger partial charge in [-0.2, -0.15) is 0 Å². The number of carbonyl (C=O) groups is 1. The number of benzene rings is 1. The Hall–Kier alpha value is -1.75. The Morgan fingerprint density at radius 3 is 2.78 bits per heavy atom. The van der Waals surface area contributed by atoms with E-state index in [4.69, 9.17) is 9.47 Å². The molecule has 2 fully saturated rings. The van der Waals surface area contributed by atoms with E-state index in [-0.39, 0.29) is 11.7 Å². The molecule has 1 amide bonds. The van der Waals surface area contributed by atoms with Gasteiger partial charge in [-0.1, -0.05) is 18.2 Å². The maximum absolute atomic E-state index is 11.7. The van der Waals surface area contributed by atoms with Crippen molar-refractivity contribution in [1.82, 2.24) is 9.80 Å². The summed E-state index contributed by atoms with van der Waals surface area (Å²) in [5.41, 5.74) is -0.273. The first-order chi connectivity index (χ1) is 11.2. The van der Waals surface area contributed by atoms with Crippen molar-refractivity contribution in [2.45, 2.75) is 31.3 Å². The van der Waals surface area contributed by atoms with Crippen LogP contribution in [0.4, 0.5) is 4.79 Å². The first-order valence-electron chi connectivity index (χ1n) is 8.51. The lowest BCUT2D eigenvalue weighted by Crippen LogP contribution is -2.50. The lowest BCUT2D eigenvalue weighted by Gasteiger charge is -2.38. The highest BCUT2D eigenvalue weighted by atomic mass is 16.6. The Morgan fingerprint density at radius 2 is 2.04 bits per heavy atom. The van der Waals surface area contributed by atoms with E-state index in [9.17, 15) is 4.79 Å². The van der Waals surface area contributed by atoms with Crippen molar-refractivity contribution in [2.75, 3.05) is 39.8 Å². The molecule has 2 aliphatic heterocycles. The summed E-state index contributed by atoms with van der Waals surface area (Å²) in [5.74, 6) is 0.935. The molecule has 5 heteroatoms. The molecule has 0 bridgehead atoms. The van der Waals surface area contributed by atoms with Crippen molar-refractivity contribution >= 4 is 6.09 Å². The van der Waals surface area contributed by atoms with Gasteiger partial charge < -0.3 is 14.4 Å². The smallest absolute Gasteiger partial charge is 0.410 e. The van der Waals surface area contributed by atoms with Gasteiger partial charge in [0, 0.05) is 13.6 Å². The number of nitrogens with zero attached hydrogens (tertiary/aromatic N) is 2. The normalized spacial score (nSPS) is 24.9. The summed E-state index contributed by atoms with van der Waals surface area (Å²) >= 11 is 0. The van der Waals surface area contributed by atoms with Crippen LogP contribution in [-0.2, 0) is 4.74 Å². The molecule has 1 atom stereocenters. The predicted molar refractivity (Wildman–Crippen MR) is 88.7 cm³/mol. The van der Waals surface area contributed by atoms with Gasteiger partial charge in [0.1, 0.15) is 11.4 Å². The number of piperidine rings is 1. The summed E-state index contributed by atoms with van der Waals surface area (Å²) in [6.07, 6.45) is 4.05. The highest BCUT2D eigenvalue weighted by molar-refractivity contribution is 5.70. The minimum Gasteiger partial charge on any atom is -0.494 e. The van der Waals surface area contributed by atoms with E-state index in [2.05, 4.69) is 4.90 Å². The van der Waals surface area contributed by atoms with Crippen molar-refractivity contribution in [1.29, 1.82) is 0 Å². The molecule has 0 unspecified atom stereocenters. The standard InChI is InChI=1S/C18H26N2O3/c1-19-14-18(23-17(19)21)10-7-12-20(15-18)11-5-6-13-22-16-8-3-2-4-9-16/h2-4,8-9H,5-7,10-15H2,1H3/t18-/m0/s1. The zero-order valence-corrected chi connectivity index (χ0v) is 13.9. The molecule has 2 heterocycles. The van der Waals surface area contributed by atoms with Gasteiger partial charge in [-0.15, -0.1) is 0 Å². The summed E-state index contributed by atoms with van der Waals surface area (Å²) in [5, 5.41) is 0. The van der Waals surface area contributed by atoms with Crippen LogP contribution in [0.25, 0.3) is 0 Å². The zero-order chi connectivity index (χ0) is 16.1. The monoisotopic (exact) mass is 318 g/mol. The minimum atomic E-state index is -0.273. The molecule has 0 radical (unpaired) electrons. The van der Waals surface area contributed by atoms with Gasteiger partial charge in [-0.3, -0.25) is 4.90 Å². The average Bonchev–Trinajstić information content (AvgIpc) is 2.81. The molecule has 2 saturated heterocycles. The van der Waals surface area contributed by atoms with Crippen molar-refractivity contribution in [3.05, 3.63) is 30.3 Å². The van der Waals surface area contributed by atoms with Gasteiger partial charge in [-0.25, -0.2) is 4.79 Å². The molecule has 0 N–H and O–H groups in total. The van der Waals surface area contributed by atoms with Crippen LogP contribution in [0.1, 0.15) is 25.7 Å². The number of carbonyl (C=O) groups excluding carboxylic acids is 1. The molecule has 1 aromatic carbocycles. The van der Waals surface area contributed by atoms with E-state index in [1.807, 2.05) is 37.4 Å². The van der Waals surface area contributed by atoms with Gasteiger partial charge >= 0.3 is 6.09 Å². The van der Waals surface area contributed by atoms with Crippen LogP contribution in [0.15, 0.2) is 30.3 Å². The van der Waals surface area contributed by atoms with Gasteiger partial charge in [0.2, 0.25) is 0 Å². The Kier molecular flexibility index (Phi) is 5.06. The van der Waals surface area contributed by atoms with E-state index in [1.165, 1.54) is 0 Å². The number of hydrogen-bond donors (Lipinski definition) is 0. The summed E-state index contributed by atoms with van der Waals surface area (Å²) in [6, 6.07) is 9.94. The van der Waals surface area contributed by atoms with E-state index in [0.29, 0.717) is 0 Å². The molecule has 2 aliphatic rings. The number of para-hydroxylation sites is 1. The Labute approximate surface area is 138 Å². The molecule has 0 aromatic heterocycles. The van der Waals surface area contributed by atoms with E-state index in [1.54, 1.807) is 4.90 Å². The minimum absolute atomic E-state index is 0.178. The maximum atomic E-state index is 11.7. The highest BCUT2D eigenvalue weighted by Gasteiger charge is 2.46. The Morgan fingerprint density at radius 1 is 1.22 bits per heavy atom. The molecule has 0 saturated carbocycles. The van der Waals surface area contributed by atoms with Crippen LogP contribution in [0.3, 0.4) is 0 Å². The molecular formula is C18H26N2O3. The van der Waals surface area contributed by atoms with Crippen molar-refractivity contribution < 1.29 is 14.3 Å². The Bertz CT molecular complexity index is 522. The number of hydrogen-bond acceptors (Lipinski definition) is 4. The van der Waals surface area contributed by atoms with Gasteiger partial charge in [0.15, 0.2) is 0 Å². The zero-order valence-electron chi connectivity index (χ0n) is 13.9. The molecule has 1 spiro atoms. The topological polar surface area (TPSA) is 42.0 Å². The molecular weight excluding hydrogens is 292 g/mol. The lowest BCUT2D eigenvalue weighted by atomic mass is 9.92. The first-order valence-corrected chi connectivity index (χ1v) is 8.51. The third-order valence-corrected chi connectivity index (χ3v) is 4.64. The van der Waals surface area contributed by atoms with E-state index < -0.39 is 0 Å². The number of ether oxygens (including phenoxy) is 2. The summed E-state index contributed by atoms with van der Waals surface area (Å²) < 4.78 is 11.4. The molecule has 5 nitrogen and oxygen atoms in total. The van der Waals surface area contributed by atoms with Crippen LogP contribution in [0, 0.1) is 0 Å². The van der Waals surface area contributed by atoms with Crippen LogP contribution in [-0.4, -0.2) is 61.3 Å². The van der Waals surface area contributed by atoms with Crippen molar-refractivity contribution in [2.24, 2.45) is 0 Å². The fraction of sp³-hybridized carbons (Fsp3) is 0.611. The van der Waals surface area contributed by atoms with E-state index >= 15 is 0 Å². The number of amides is 1. The van der Waals surface area contributed by atoms with E-state index in [0.717, 1.165) is 64.2 Å². The van der Waals surface area contributed by atoms with Crippen molar-refractivity contribution in [3.8, 4) is 5.75 Å². The second-order valence-electron chi connectivity index (χ2n) is 6.66. The van der Waals surface area contributed by atoms with Crippen LogP contribution >= 0.6 is 0 Å². The summed E-state index contributed by atoms with van der Waals surface area (Å²) in [7, 11) is 1.82. The van der Waals surface area contributed by atoms with Crippen molar-refractivity contribution in [3.63, 3.8) is 0 Å². The quantitative estimate of drug-likeness (QED) is 0.756. The lowest BCUT2D eigenvalue weighted by molar-refractivity contribution is -0.00926. The fourth-order valence-corrected chi connectivity index (χ4v) is 3.53. The fourth-order valence-electron chi connectivity index (χ4n) is 3.53. The summed E-state index contributed by atoms with van der Waals surface area (Å²) in [6.45, 7) is 4.48. The second kappa shape index (κ2) is 7.21. The number of likely N-dealkylation sites (N-methyl/N-ethyl adjacent to an activating group) is 1. The molecule has 23 heavy (non-hydrogen) atoms. The number of unbranched alkanes of at least 4 members (excludes halogenated alkanes) is 1. The molecule has 3 rings (SSSR count). The largest absolute Gasteiger partial charge is 0.494 e. The second-order valence-corrected chi connectivity index (χ2v) is 6.66. The van der Waals surface area contributed by atoms with Gasteiger partial charge in [0.05, 0.1) is 13.2 Å². The van der Waals surface area contributed by atoms with Crippen LogP contribution < -0.4 is 4.74 Å². The number of likely N-dealkylation sites (tertiary alicyclic amines) is 1. The third kappa shape index (κ3) is 4.16. The van der Waals surface area contributed by atoms with Gasteiger partial charge in [0.25, 0.3) is 0 Å². The average molecular weight is 318 g/mol. The maximum Gasteiger partial charge on any atom is 0.410 e. The Balaban J connectivity index is 1.36. The highest BCUT2D eigenvalue weighted by Crippen LogP contribution is 2.31. The molecule has 126 valence electrons. The number of rotatable bonds is 6. The summed E-state index contributed by atoms with van der Waals surface area (Å²) in [4.78, 5) is 15.8. The van der Waals surface area contributed by atoms with Crippen LogP contribution in [0.5, 0.6) is 5.75 Å². The SMILES string of the molecule is CN1C[C@]2(CCCN(CCCCOc3ccccc3)C2)OC1=O. The molecule has 1 aromatic rings. The van der Waals surface area contributed by atoms with Gasteiger partial charge in [-0.05, 0) is 50.9 Å². The molecule has 0 aliphatic carbocycles.